The minimum atomic E-state index is -3.65. The topological polar surface area (TPSA) is 105 Å². The molecule has 0 saturated heterocycles. The largest absolute Gasteiger partial charge is 0.495 e. The van der Waals surface area contributed by atoms with Gasteiger partial charge in [0.05, 0.1) is 17.7 Å². The first-order valence-electron chi connectivity index (χ1n) is 9.09. The number of nitrogens with zero attached hydrogens (tertiary/aromatic N) is 1. The van der Waals surface area contributed by atoms with Crippen molar-refractivity contribution >= 4 is 39.1 Å². The maximum absolute atomic E-state index is 12.3. The second kappa shape index (κ2) is 10.4. The quantitative estimate of drug-likeness (QED) is 0.568. The highest BCUT2D eigenvalue weighted by Gasteiger charge is 2.19. The van der Waals surface area contributed by atoms with Gasteiger partial charge in [0.25, 0.3) is 5.91 Å². The maximum atomic E-state index is 12.3. The van der Waals surface area contributed by atoms with E-state index in [4.69, 9.17) is 16.3 Å². The van der Waals surface area contributed by atoms with Crippen LogP contribution in [-0.4, -0.2) is 52.3 Å². The molecule has 0 heterocycles. The average Bonchev–Trinajstić information content (AvgIpc) is 2.71. The lowest BCUT2D eigenvalue weighted by Gasteiger charge is -2.15. The Morgan fingerprint density at radius 2 is 1.77 bits per heavy atom. The molecule has 2 N–H and O–H groups in total. The van der Waals surface area contributed by atoms with Gasteiger partial charge in [-0.3, -0.25) is 9.59 Å². The number of halogens is 1. The number of hydrogen-bond acceptors (Lipinski definition) is 5. The van der Waals surface area contributed by atoms with Crippen molar-refractivity contribution in [2.45, 2.75) is 17.7 Å². The average molecular weight is 454 g/mol. The van der Waals surface area contributed by atoms with Crippen LogP contribution in [0.1, 0.15) is 23.2 Å². The van der Waals surface area contributed by atoms with Gasteiger partial charge in [-0.15, -0.1) is 0 Å². The molecule has 30 heavy (non-hydrogen) atoms. The zero-order valence-corrected chi connectivity index (χ0v) is 18.5. The lowest BCUT2D eigenvalue weighted by molar-refractivity contribution is -0.116. The highest BCUT2D eigenvalue weighted by molar-refractivity contribution is 7.89. The Balaban J connectivity index is 1.92. The molecule has 2 amide bonds. The van der Waals surface area contributed by atoms with Crippen LogP contribution in [-0.2, 0) is 14.8 Å². The fourth-order valence-corrected chi connectivity index (χ4v) is 3.58. The number of rotatable bonds is 9. The van der Waals surface area contributed by atoms with Crippen LogP contribution in [0.2, 0.25) is 5.02 Å². The summed E-state index contributed by atoms with van der Waals surface area (Å²) >= 11 is 5.80. The third kappa shape index (κ3) is 6.19. The normalized spacial score (nSPS) is 11.2. The van der Waals surface area contributed by atoms with E-state index in [0.29, 0.717) is 29.3 Å². The fourth-order valence-electron chi connectivity index (χ4n) is 2.52. The first-order valence-corrected chi connectivity index (χ1v) is 10.9. The van der Waals surface area contributed by atoms with Gasteiger partial charge in [0.2, 0.25) is 15.9 Å². The molecule has 0 saturated carbocycles. The van der Waals surface area contributed by atoms with E-state index < -0.39 is 10.0 Å². The monoisotopic (exact) mass is 453 g/mol. The van der Waals surface area contributed by atoms with Crippen molar-refractivity contribution < 1.29 is 22.7 Å². The number of methoxy groups -OCH3 is 1. The molecular weight excluding hydrogens is 430 g/mol. The molecule has 0 fully saturated rings. The highest BCUT2D eigenvalue weighted by atomic mass is 35.5. The van der Waals surface area contributed by atoms with Crippen LogP contribution in [0.4, 0.5) is 5.69 Å². The summed E-state index contributed by atoms with van der Waals surface area (Å²) in [6.07, 6.45) is 0.540. The van der Waals surface area contributed by atoms with Crippen molar-refractivity contribution in [2.75, 3.05) is 33.1 Å². The van der Waals surface area contributed by atoms with Crippen molar-refractivity contribution in [3.63, 3.8) is 0 Å². The number of anilines is 1. The summed E-state index contributed by atoms with van der Waals surface area (Å²) < 4.78 is 30.9. The molecule has 0 bridgehead atoms. The first kappa shape index (κ1) is 23.7. The molecule has 162 valence electrons. The Bertz CT molecular complexity index is 1010. The molecule has 0 atom stereocenters. The number of hydrogen-bond donors (Lipinski definition) is 2. The number of benzene rings is 2. The first-order chi connectivity index (χ1) is 14.1. The second-order valence-electron chi connectivity index (χ2n) is 6.56. The van der Waals surface area contributed by atoms with Gasteiger partial charge in [-0.2, -0.15) is 0 Å². The summed E-state index contributed by atoms with van der Waals surface area (Å²) in [7, 11) is 0.632. The molecule has 0 aliphatic heterocycles. The van der Waals surface area contributed by atoms with Crippen LogP contribution in [0.25, 0.3) is 0 Å². The second-order valence-corrected chi connectivity index (χ2v) is 9.15. The van der Waals surface area contributed by atoms with E-state index in [1.165, 1.54) is 39.4 Å². The summed E-state index contributed by atoms with van der Waals surface area (Å²) in [6, 6.07) is 10.7. The van der Waals surface area contributed by atoms with Gasteiger partial charge in [-0.05, 0) is 48.9 Å². The van der Waals surface area contributed by atoms with Crippen LogP contribution < -0.4 is 15.4 Å². The van der Waals surface area contributed by atoms with Gasteiger partial charge in [0, 0.05) is 37.6 Å². The smallest absolute Gasteiger partial charge is 0.251 e. The van der Waals surface area contributed by atoms with Gasteiger partial charge in [-0.1, -0.05) is 11.6 Å². The Morgan fingerprint density at radius 1 is 1.10 bits per heavy atom. The van der Waals surface area contributed by atoms with Crippen LogP contribution >= 0.6 is 11.6 Å². The van der Waals surface area contributed by atoms with E-state index in [0.717, 1.165) is 4.31 Å². The molecule has 10 heteroatoms. The van der Waals surface area contributed by atoms with Crippen LogP contribution in [0.5, 0.6) is 5.75 Å². The Labute approximate surface area is 181 Å². The number of nitrogens with one attached hydrogen (secondary N) is 2. The van der Waals surface area contributed by atoms with Crippen molar-refractivity contribution in [2.24, 2.45) is 0 Å². The molecule has 2 aromatic rings. The molecule has 0 aliphatic rings. The standard InChI is InChI=1S/C20H24ClN3O5S/c1-24(2)30(27,28)16-10-11-18(29-3)17(13-16)23-19(25)5-4-12-22-20(26)14-6-8-15(21)9-7-14/h6-11,13H,4-5,12H2,1-3H3,(H,22,26)(H,23,25). The predicted octanol–water partition coefficient (Wildman–Crippen LogP) is 2.75. The summed E-state index contributed by atoms with van der Waals surface area (Å²) in [5, 5.41) is 5.94. The molecule has 0 unspecified atom stereocenters. The maximum Gasteiger partial charge on any atom is 0.251 e. The van der Waals surface area contributed by atoms with Crippen molar-refractivity contribution in [3.05, 3.63) is 53.1 Å². The van der Waals surface area contributed by atoms with Gasteiger partial charge >= 0.3 is 0 Å². The zero-order valence-electron chi connectivity index (χ0n) is 16.9. The molecule has 0 aliphatic carbocycles. The third-order valence-corrected chi connectivity index (χ3v) is 6.26. The van der Waals surface area contributed by atoms with Crippen LogP contribution in [0.15, 0.2) is 47.4 Å². The SMILES string of the molecule is COc1ccc(S(=O)(=O)N(C)C)cc1NC(=O)CCCNC(=O)c1ccc(Cl)cc1. The van der Waals surface area contributed by atoms with E-state index in [9.17, 15) is 18.0 Å². The highest BCUT2D eigenvalue weighted by Crippen LogP contribution is 2.28. The number of ether oxygens (including phenoxy) is 1. The number of carbonyl (C=O) groups is 2. The van der Waals surface area contributed by atoms with Gasteiger partial charge in [-0.25, -0.2) is 12.7 Å². The Morgan fingerprint density at radius 3 is 2.37 bits per heavy atom. The van der Waals surface area contributed by atoms with E-state index >= 15 is 0 Å². The van der Waals surface area contributed by atoms with Gasteiger partial charge in [0.15, 0.2) is 0 Å². The molecule has 0 radical (unpaired) electrons. The van der Waals surface area contributed by atoms with E-state index in [1.807, 2.05) is 0 Å². The van der Waals surface area contributed by atoms with Crippen molar-refractivity contribution in [3.8, 4) is 5.75 Å². The third-order valence-electron chi connectivity index (χ3n) is 4.20. The van der Waals surface area contributed by atoms with Gasteiger partial charge in [0.1, 0.15) is 5.75 Å². The number of sulfonamides is 1. The molecule has 0 spiro atoms. The van der Waals surface area contributed by atoms with Crippen LogP contribution in [0, 0.1) is 0 Å². The van der Waals surface area contributed by atoms with E-state index in [1.54, 1.807) is 24.3 Å². The van der Waals surface area contributed by atoms with E-state index in [-0.39, 0.29) is 28.8 Å². The summed E-state index contributed by atoms with van der Waals surface area (Å²) in [5.74, 6) is -0.235. The van der Waals surface area contributed by atoms with Gasteiger partial charge < -0.3 is 15.4 Å². The minimum Gasteiger partial charge on any atom is -0.495 e. The number of amides is 2. The Kier molecular flexibility index (Phi) is 8.22. The lowest BCUT2D eigenvalue weighted by Crippen LogP contribution is -2.25. The molecule has 2 rings (SSSR count). The predicted molar refractivity (Wildman–Crippen MR) is 116 cm³/mol. The molecule has 2 aromatic carbocycles. The summed E-state index contributed by atoms with van der Waals surface area (Å²) in [5.41, 5.74) is 0.739. The van der Waals surface area contributed by atoms with E-state index in [2.05, 4.69) is 10.6 Å². The van der Waals surface area contributed by atoms with Crippen molar-refractivity contribution in [1.29, 1.82) is 0 Å². The summed E-state index contributed by atoms with van der Waals surface area (Å²) in [6.45, 7) is 0.307. The zero-order chi connectivity index (χ0) is 22.3. The fraction of sp³-hybridized carbons (Fsp3) is 0.300. The molecular formula is C20H24ClN3O5S. The van der Waals surface area contributed by atoms with Crippen LogP contribution in [0.3, 0.4) is 0 Å². The molecule has 8 nitrogen and oxygen atoms in total. The summed E-state index contributed by atoms with van der Waals surface area (Å²) in [4.78, 5) is 24.3. The number of carbonyl (C=O) groups excluding carboxylic acids is 2. The molecule has 0 aromatic heterocycles. The minimum absolute atomic E-state index is 0.0406. The van der Waals surface area contributed by atoms with Crippen molar-refractivity contribution in [1.82, 2.24) is 9.62 Å². The lowest BCUT2D eigenvalue weighted by atomic mass is 10.2. The Hall–Kier alpha value is -2.62.